The molecular formula is C20H20N2OS2. The van der Waals surface area contributed by atoms with Crippen LogP contribution in [0.4, 0.5) is 0 Å². The van der Waals surface area contributed by atoms with Gasteiger partial charge in [0.25, 0.3) is 0 Å². The maximum atomic E-state index is 12.5. The van der Waals surface area contributed by atoms with E-state index in [1.165, 1.54) is 25.6 Å². The van der Waals surface area contributed by atoms with Gasteiger partial charge in [-0.1, -0.05) is 12.1 Å². The topological polar surface area (TPSA) is 33.2 Å². The zero-order valence-electron chi connectivity index (χ0n) is 14.2. The third kappa shape index (κ3) is 2.84. The maximum absolute atomic E-state index is 12.5. The first kappa shape index (κ1) is 15.7. The highest BCUT2D eigenvalue weighted by Gasteiger charge is 2.32. The first-order valence-corrected chi connectivity index (χ1v) is 10.5. The molecule has 1 aliphatic carbocycles. The third-order valence-corrected chi connectivity index (χ3v) is 7.47. The Balaban J connectivity index is 1.63. The van der Waals surface area contributed by atoms with E-state index in [-0.39, 0.29) is 0 Å². The summed E-state index contributed by atoms with van der Waals surface area (Å²) in [6, 6.07) is 8.33. The summed E-state index contributed by atoms with van der Waals surface area (Å²) in [5.74, 6) is 0.749. The molecule has 25 heavy (non-hydrogen) atoms. The van der Waals surface area contributed by atoms with Crippen molar-refractivity contribution in [3.63, 3.8) is 0 Å². The van der Waals surface area contributed by atoms with Gasteiger partial charge in [-0.2, -0.15) is 0 Å². The molecule has 1 saturated carbocycles. The number of aromatic nitrogens is 1. The number of likely N-dealkylation sites (N-methyl/N-ethyl adjacent to an activating group) is 1. The second-order valence-electron chi connectivity index (χ2n) is 7.19. The van der Waals surface area contributed by atoms with Crippen LogP contribution in [0.2, 0.25) is 0 Å². The fourth-order valence-electron chi connectivity index (χ4n) is 3.65. The lowest BCUT2D eigenvalue weighted by atomic mass is 10.00. The van der Waals surface area contributed by atoms with Crippen LogP contribution in [0.5, 0.6) is 0 Å². The summed E-state index contributed by atoms with van der Waals surface area (Å²) >= 11 is 3.61. The SMILES string of the molecule is CN1CCc2c(sc(CC(=O)C3CC3)c2-c2nc3ccccc3s2)C1. The lowest BCUT2D eigenvalue weighted by Crippen LogP contribution is -2.25. The molecule has 5 heteroatoms. The average molecular weight is 369 g/mol. The van der Waals surface area contributed by atoms with E-state index in [0.29, 0.717) is 18.1 Å². The molecule has 0 saturated heterocycles. The molecular weight excluding hydrogens is 348 g/mol. The van der Waals surface area contributed by atoms with Gasteiger partial charge >= 0.3 is 0 Å². The Kier molecular flexibility index (Phi) is 3.77. The van der Waals surface area contributed by atoms with E-state index >= 15 is 0 Å². The fraction of sp³-hybridized carbons (Fsp3) is 0.400. The van der Waals surface area contributed by atoms with Gasteiger partial charge < -0.3 is 4.90 Å². The third-order valence-electron chi connectivity index (χ3n) is 5.20. The van der Waals surface area contributed by atoms with E-state index < -0.39 is 0 Å². The largest absolute Gasteiger partial charge is 0.301 e. The average Bonchev–Trinajstić information content (AvgIpc) is 3.27. The molecule has 2 aliphatic rings. The van der Waals surface area contributed by atoms with E-state index in [4.69, 9.17) is 4.98 Å². The highest BCUT2D eigenvalue weighted by molar-refractivity contribution is 7.22. The lowest BCUT2D eigenvalue weighted by Gasteiger charge is -2.22. The molecule has 0 spiro atoms. The number of thiazole rings is 1. The number of benzene rings is 1. The zero-order valence-corrected chi connectivity index (χ0v) is 15.9. The second kappa shape index (κ2) is 6.01. The number of hydrogen-bond acceptors (Lipinski definition) is 5. The van der Waals surface area contributed by atoms with Crippen molar-refractivity contribution in [1.29, 1.82) is 0 Å². The van der Waals surface area contributed by atoms with E-state index in [2.05, 4.69) is 30.1 Å². The van der Waals surface area contributed by atoms with Crippen molar-refractivity contribution >= 4 is 38.7 Å². The predicted octanol–water partition coefficient (Wildman–Crippen LogP) is 4.53. The minimum Gasteiger partial charge on any atom is -0.301 e. The Hall–Kier alpha value is -1.56. The van der Waals surface area contributed by atoms with Gasteiger partial charge in [-0.25, -0.2) is 4.98 Å². The van der Waals surface area contributed by atoms with Crippen molar-refractivity contribution in [3.05, 3.63) is 39.6 Å². The van der Waals surface area contributed by atoms with Crippen molar-refractivity contribution in [2.24, 2.45) is 5.92 Å². The highest BCUT2D eigenvalue weighted by Crippen LogP contribution is 2.43. The van der Waals surface area contributed by atoms with Crippen molar-refractivity contribution in [2.45, 2.75) is 32.2 Å². The number of hydrogen-bond donors (Lipinski definition) is 0. The molecule has 1 aromatic carbocycles. The summed E-state index contributed by atoms with van der Waals surface area (Å²) in [4.78, 5) is 22.4. The Morgan fingerprint density at radius 2 is 2.12 bits per heavy atom. The standard InChI is InChI=1S/C20H20N2OS2/c1-22-9-8-13-18(11-22)24-17(10-15(23)12-6-7-12)19(13)20-21-14-4-2-3-5-16(14)25-20/h2-5,12H,6-11H2,1H3. The monoisotopic (exact) mass is 368 g/mol. The van der Waals surface area contributed by atoms with Crippen molar-refractivity contribution < 1.29 is 4.79 Å². The van der Waals surface area contributed by atoms with Crippen LogP contribution in [0.15, 0.2) is 24.3 Å². The van der Waals surface area contributed by atoms with Gasteiger partial charge in [-0.15, -0.1) is 22.7 Å². The van der Waals surface area contributed by atoms with Gasteiger partial charge in [0.1, 0.15) is 10.8 Å². The number of thiophene rings is 1. The van der Waals surface area contributed by atoms with Crippen LogP contribution in [-0.4, -0.2) is 29.3 Å². The van der Waals surface area contributed by atoms with Gasteiger partial charge in [-0.05, 0) is 44.0 Å². The minimum absolute atomic E-state index is 0.324. The molecule has 5 rings (SSSR count). The fourth-order valence-corrected chi connectivity index (χ4v) is 6.22. The number of carbonyl (C=O) groups excluding carboxylic acids is 1. The van der Waals surface area contributed by atoms with Gasteiger partial charge in [0.15, 0.2) is 0 Å². The first-order chi connectivity index (χ1) is 12.2. The maximum Gasteiger partial charge on any atom is 0.141 e. The minimum atomic E-state index is 0.324. The Bertz CT molecular complexity index is 934. The molecule has 0 unspecified atom stereocenters. The first-order valence-electron chi connectivity index (χ1n) is 8.89. The van der Waals surface area contributed by atoms with E-state index in [1.54, 1.807) is 11.3 Å². The van der Waals surface area contributed by atoms with Crippen molar-refractivity contribution in [2.75, 3.05) is 13.6 Å². The van der Waals surface area contributed by atoms with Crippen LogP contribution in [0, 0.1) is 5.92 Å². The Morgan fingerprint density at radius 1 is 1.28 bits per heavy atom. The van der Waals surface area contributed by atoms with Crippen LogP contribution >= 0.6 is 22.7 Å². The smallest absolute Gasteiger partial charge is 0.141 e. The van der Waals surface area contributed by atoms with Gasteiger partial charge in [-0.3, -0.25) is 4.79 Å². The number of Topliss-reactive ketones (excluding diaryl/α,β-unsaturated/α-hetero) is 1. The molecule has 128 valence electrons. The molecule has 3 heterocycles. The summed E-state index contributed by atoms with van der Waals surface area (Å²) in [5.41, 5.74) is 3.79. The zero-order chi connectivity index (χ0) is 17.0. The summed E-state index contributed by atoms with van der Waals surface area (Å²) in [7, 11) is 2.18. The number of para-hydroxylation sites is 1. The van der Waals surface area contributed by atoms with Crippen LogP contribution < -0.4 is 0 Å². The molecule has 3 nitrogen and oxygen atoms in total. The van der Waals surface area contributed by atoms with Crippen molar-refractivity contribution in [1.82, 2.24) is 9.88 Å². The second-order valence-corrected chi connectivity index (χ2v) is 9.41. The van der Waals surface area contributed by atoms with Crippen LogP contribution in [0.3, 0.4) is 0 Å². The van der Waals surface area contributed by atoms with Crippen molar-refractivity contribution in [3.8, 4) is 10.6 Å². The van der Waals surface area contributed by atoms with E-state index in [0.717, 1.165) is 42.9 Å². The normalized spacial score (nSPS) is 17.8. The number of carbonyl (C=O) groups is 1. The van der Waals surface area contributed by atoms with Crippen LogP contribution in [0.1, 0.15) is 28.2 Å². The highest BCUT2D eigenvalue weighted by atomic mass is 32.1. The summed E-state index contributed by atoms with van der Waals surface area (Å²) in [5, 5.41) is 1.10. The molecule has 1 aliphatic heterocycles. The summed E-state index contributed by atoms with van der Waals surface area (Å²) < 4.78 is 1.23. The van der Waals surface area contributed by atoms with Crippen LogP contribution in [0.25, 0.3) is 20.8 Å². The lowest BCUT2D eigenvalue weighted by molar-refractivity contribution is -0.119. The summed E-state index contributed by atoms with van der Waals surface area (Å²) in [6.07, 6.45) is 3.83. The van der Waals surface area contributed by atoms with Gasteiger partial charge in [0.2, 0.25) is 0 Å². The molecule has 0 atom stereocenters. The van der Waals surface area contributed by atoms with E-state index in [9.17, 15) is 4.79 Å². The molecule has 1 fully saturated rings. The van der Waals surface area contributed by atoms with Gasteiger partial charge in [0.05, 0.1) is 10.2 Å². The van der Waals surface area contributed by atoms with Crippen LogP contribution in [-0.2, 0) is 24.2 Å². The van der Waals surface area contributed by atoms with Gasteiger partial charge in [0, 0.05) is 40.7 Å². The summed E-state index contributed by atoms with van der Waals surface area (Å²) in [6.45, 7) is 2.08. The van der Waals surface area contributed by atoms with E-state index in [1.807, 2.05) is 17.4 Å². The molecule has 0 amide bonds. The number of rotatable bonds is 4. The molecule has 2 aromatic heterocycles. The number of fused-ring (bicyclic) bond motifs is 2. The quantitative estimate of drug-likeness (QED) is 0.678. The molecule has 3 aromatic rings. The molecule has 0 N–H and O–H groups in total. The molecule has 0 radical (unpaired) electrons. The Morgan fingerprint density at radius 3 is 2.92 bits per heavy atom. The Labute approximate surface area is 155 Å². The predicted molar refractivity (Wildman–Crippen MR) is 104 cm³/mol. The molecule has 0 bridgehead atoms. The number of nitrogens with zero attached hydrogens (tertiary/aromatic N) is 2. The number of ketones is 1.